The molecule has 0 aromatic rings. The summed E-state index contributed by atoms with van der Waals surface area (Å²) in [5, 5.41) is 0. The second-order valence-corrected chi connectivity index (χ2v) is 1.54. The van der Waals surface area contributed by atoms with Crippen molar-refractivity contribution >= 4 is 44.0 Å². The van der Waals surface area contributed by atoms with Crippen LogP contribution in [0.1, 0.15) is 7.43 Å². The third-order valence-electron chi connectivity index (χ3n) is 0. The molecule has 0 bridgehead atoms. The van der Waals surface area contributed by atoms with Crippen LogP contribution in [0.5, 0.6) is 0 Å². The summed E-state index contributed by atoms with van der Waals surface area (Å²) in [6.45, 7) is 0. The van der Waals surface area contributed by atoms with Crippen LogP contribution in [0.2, 0.25) is 0 Å². The van der Waals surface area contributed by atoms with Crippen LogP contribution in [0.15, 0.2) is 0 Å². The van der Waals surface area contributed by atoms with Crippen LogP contribution in [-0.2, 0) is 4.57 Å². The summed E-state index contributed by atoms with van der Waals surface area (Å²) < 4.78 is 8.88. The Morgan fingerprint density at radius 3 is 1.12 bits per heavy atom. The molecule has 4 nitrogen and oxygen atoms in total. The van der Waals surface area contributed by atoms with Crippen LogP contribution in [0, 0.1) is 0 Å². The van der Waals surface area contributed by atoms with Crippen molar-refractivity contribution in [1.82, 2.24) is 0 Å². The molecular formula is CH11AlLiO4P. The zero-order valence-electron chi connectivity index (χ0n) is 2.20. The fourth-order valence-electron chi connectivity index (χ4n) is 0. The van der Waals surface area contributed by atoms with Crippen LogP contribution in [0.3, 0.4) is 0 Å². The van der Waals surface area contributed by atoms with E-state index in [1.807, 2.05) is 0 Å². The summed E-state index contributed by atoms with van der Waals surface area (Å²) in [5.41, 5.74) is 0. The Morgan fingerprint density at radius 2 is 1.12 bits per heavy atom. The van der Waals surface area contributed by atoms with Gasteiger partial charge in [-0.3, -0.25) is 0 Å². The number of rotatable bonds is 0. The van der Waals surface area contributed by atoms with Gasteiger partial charge in [0.1, 0.15) is 0 Å². The van der Waals surface area contributed by atoms with Crippen molar-refractivity contribution < 1.29 is 19.2 Å². The molecule has 0 aliphatic carbocycles. The van der Waals surface area contributed by atoms with Gasteiger partial charge in [0, 0.05) is 0 Å². The summed E-state index contributed by atoms with van der Waals surface area (Å²) in [6.07, 6.45) is 0. The van der Waals surface area contributed by atoms with Gasteiger partial charge in [0.25, 0.3) is 0 Å². The first-order valence-electron chi connectivity index (χ1n) is 0.783. The summed E-state index contributed by atoms with van der Waals surface area (Å²) in [7, 11) is -4.64. The second-order valence-electron chi connectivity index (χ2n) is 0.513. The van der Waals surface area contributed by atoms with E-state index in [-0.39, 0.29) is 43.6 Å². The fraction of sp³-hybridized carbons (Fsp3) is 1.00. The van der Waals surface area contributed by atoms with Gasteiger partial charge in [0.15, 0.2) is 17.4 Å². The van der Waals surface area contributed by atoms with E-state index in [4.69, 9.17) is 19.2 Å². The Labute approximate surface area is 70.8 Å². The monoisotopic (exact) mass is 152 g/mol. The Morgan fingerprint density at radius 1 is 1.12 bits per heavy atom. The van der Waals surface area contributed by atoms with Gasteiger partial charge in [-0.1, -0.05) is 7.43 Å². The van der Waals surface area contributed by atoms with Crippen molar-refractivity contribution in [2.24, 2.45) is 0 Å². The van der Waals surface area contributed by atoms with Crippen LogP contribution in [-0.4, -0.2) is 50.9 Å². The Balaban J connectivity index is -0.0000000267. The molecule has 0 amide bonds. The van der Waals surface area contributed by atoms with Gasteiger partial charge >= 0.3 is 26.7 Å². The van der Waals surface area contributed by atoms with Crippen molar-refractivity contribution in [2.45, 2.75) is 7.43 Å². The van der Waals surface area contributed by atoms with Gasteiger partial charge in [-0.15, -0.1) is 0 Å². The molecule has 0 unspecified atom stereocenters. The maximum atomic E-state index is 8.88. The molecule has 48 valence electrons. The molecule has 0 aromatic heterocycles. The van der Waals surface area contributed by atoms with Crippen molar-refractivity contribution in [1.29, 1.82) is 0 Å². The summed E-state index contributed by atoms with van der Waals surface area (Å²) in [6, 6.07) is 0. The average Bonchev–Trinajstić information content (AvgIpc) is 0.722. The average molecular weight is 152 g/mol. The minimum absolute atomic E-state index is 0. The van der Waals surface area contributed by atoms with E-state index >= 15 is 0 Å². The third kappa shape index (κ3) is 183. The molecule has 0 fully saturated rings. The molecule has 0 saturated carbocycles. The molecule has 8 heavy (non-hydrogen) atoms. The maximum absolute atomic E-state index is 8.88. The van der Waals surface area contributed by atoms with Gasteiger partial charge in [-0.05, 0) is 0 Å². The molecule has 0 radical (unpaired) electrons. The molecule has 0 spiro atoms. The Bertz CT molecular complexity index is 62.2. The van der Waals surface area contributed by atoms with E-state index < -0.39 is 7.82 Å². The molecular weight excluding hydrogens is 141 g/mol. The quantitative estimate of drug-likeness (QED) is 0.274. The topological polar surface area (TPSA) is 77.8 Å². The predicted molar refractivity (Wildman–Crippen MR) is 38.1 cm³/mol. The number of hydrogen-bond donors (Lipinski definition) is 3. The van der Waals surface area contributed by atoms with E-state index in [2.05, 4.69) is 0 Å². The van der Waals surface area contributed by atoms with Crippen molar-refractivity contribution in [3.8, 4) is 0 Å². The summed E-state index contributed by atoms with van der Waals surface area (Å²) >= 11 is 0. The fourth-order valence-corrected chi connectivity index (χ4v) is 0. The van der Waals surface area contributed by atoms with E-state index in [1.54, 1.807) is 0 Å². The first kappa shape index (κ1) is 22.8. The Kier molecular flexibility index (Phi) is 23.5. The minimum atomic E-state index is -4.64. The molecule has 0 aliphatic heterocycles. The standard InChI is InChI=1S/CH4.Al.Li.H3O4P.4H/c;;;1-5(2,3)4;;;;/h1H4;;;(H3,1,2,3,4);;;;. The van der Waals surface area contributed by atoms with E-state index in [0.717, 1.165) is 0 Å². The zero-order chi connectivity index (χ0) is 4.50. The molecule has 0 atom stereocenters. The predicted octanol–water partition coefficient (Wildman–Crippen LogP) is -2.12. The normalized spacial score (nSPS) is 7.38. The molecule has 0 saturated heterocycles. The number of hydrogen-bond acceptors (Lipinski definition) is 1. The van der Waals surface area contributed by atoms with Crippen molar-refractivity contribution in [3.05, 3.63) is 0 Å². The van der Waals surface area contributed by atoms with E-state index in [1.165, 1.54) is 0 Å². The van der Waals surface area contributed by atoms with Crippen molar-refractivity contribution in [3.63, 3.8) is 0 Å². The van der Waals surface area contributed by atoms with Crippen LogP contribution >= 0.6 is 7.82 Å². The summed E-state index contributed by atoms with van der Waals surface area (Å²) in [4.78, 5) is 21.6. The third-order valence-corrected chi connectivity index (χ3v) is 0. The van der Waals surface area contributed by atoms with Gasteiger partial charge in [-0.25, -0.2) is 4.57 Å². The molecule has 0 heterocycles. The molecule has 0 aliphatic rings. The molecule has 0 rings (SSSR count). The Hall–Kier alpha value is 1.24. The van der Waals surface area contributed by atoms with Gasteiger partial charge in [-0.2, -0.15) is 0 Å². The van der Waals surface area contributed by atoms with Crippen LogP contribution in [0.25, 0.3) is 0 Å². The summed E-state index contributed by atoms with van der Waals surface area (Å²) in [5.74, 6) is 0. The second kappa shape index (κ2) is 8.24. The van der Waals surface area contributed by atoms with Gasteiger partial charge in [0.2, 0.25) is 0 Å². The van der Waals surface area contributed by atoms with Crippen LogP contribution in [0.4, 0.5) is 0 Å². The first-order chi connectivity index (χ1) is 2.00. The van der Waals surface area contributed by atoms with Crippen LogP contribution < -0.4 is 0 Å². The SMILES string of the molecule is C.O=P(O)(O)O.[AlH3].[LiH]. The van der Waals surface area contributed by atoms with E-state index in [9.17, 15) is 0 Å². The van der Waals surface area contributed by atoms with E-state index in [0.29, 0.717) is 0 Å². The molecule has 7 heteroatoms. The zero-order valence-corrected chi connectivity index (χ0v) is 3.09. The van der Waals surface area contributed by atoms with Gasteiger partial charge in [0.05, 0.1) is 0 Å². The first-order valence-corrected chi connectivity index (χ1v) is 2.35. The number of phosphoric acid groups is 1. The molecule has 0 aromatic carbocycles. The van der Waals surface area contributed by atoms with Gasteiger partial charge < -0.3 is 14.7 Å². The van der Waals surface area contributed by atoms with Crippen molar-refractivity contribution in [2.75, 3.05) is 0 Å². The molecule has 3 N–H and O–H groups in total.